The molecule has 0 aromatic carbocycles. The number of nitrogens with two attached hydrogens (primary N) is 1. The molecule has 2 fully saturated rings. The van der Waals surface area contributed by atoms with E-state index in [2.05, 4.69) is 23.7 Å². The number of ether oxygens (including phenoxy) is 1. The molecule has 1 amide bonds. The van der Waals surface area contributed by atoms with Crippen LogP contribution in [-0.4, -0.2) is 36.1 Å². The van der Waals surface area contributed by atoms with Crippen molar-refractivity contribution in [2.24, 2.45) is 23.5 Å². The van der Waals surface area contributed by atoms with Crippen molar-refractivity contribution in [2.75, 3.05) is 18.0 Å². The van der Waals surface area contributed by atoms with Crippen LogP contribution in [-0.2, 0) is 9.53 Å². The van der Waals surface area contributed by atoms with Crippen molar-refractivity contribution < 1.29 is 15.8 Å². The summed E-state index contributed by atoms with van der Waals surface area (Å²) in [4.78, 5) is 30.4. The van der Waals surface area contributed by atoms with Crippen molar-refractivity contribution >= 4 is 17.7 Å². The summed E-state index contributed by atoms with van der Waals surface area (Å²) < 4.78 is 5.89. The van der Waals surface area contributed by atoms with Gasteiger partial charge in [0.2, 0.25) is 5.91 Å². The third kappa shape index (κ3) is 5.94. The van der Waals surface area contributed by atoms with Crippen LogP contribution in [0.5, 0.6) is 0 Å². The van der Waals surface area contributed by atoms with Gasteiger partial charge >= 0.3 is 5.97 Å². The molecule has 1 aromatic heterocycles. The Labute approximate surface area is 175 Å². The van der Waals surface area contributed by atoms with Crippen molar-refractivity contribution in [3.8, 4) is 0 Å². The number of rotatable bonds is 5. The summed E-state index contributed by atoms with van der Waals surface area (Å²) in [5.74, 6) is 2.00. The number of carbonyl (C=O) groups is 2. The Morgan fingerprint density at radius 3 is 2.28 bits per heavy atom. The molecule has 3 rings (SSSR count). The van der Waals surface area contributed by atoms with Crippen LogP contribution in [0.2, 0.25) is 0 Å². The van der Waals surface area contributed by atoms with Crippen LogP contribution in [0.1, 0.15) is 77.0 Å². The van der Waals surface area contributed by atoms with Gasteiger partial charge in [-0.2, -0.15) is 0 Å². The molecular weight excluding hydrogens is 366 g/mol. The minimum absolute atomic E-state index is 0. The molecule has 6 heteroatoms. The Kier molecular flexibility index (Phi) is 7.51. The lowest BCUT2D eigenvalue weighted by atomic mass is 9.81. The van der Waals surface area contributed by atoms with E-state index in [1.807, 2.05) is 6.07 Å². The average Bonchev–Trinajstić information content (AvgIpc) is 2.68. The first-order valence-electron chi connectivity index (χ1n) is 11.2. The summed E-state index contributed by atoms with van der Waals surface area (Å²) in [7, 11) is 0. The van der Waals surface area contributed by atoms with Gasteiger partial charge in [-0.3, -0.25) is 9.59 Å². The van der Waals surface area contributed by atoms with Crippen LogP contribution in [0.25, 0.3) is 0 Å². The van der Waals surface area contributed by atoms with E-state index in [9.17, 15) is 9.59 Å². The standard InChI is InChI=1S/C23H35N3O3.H2/c1-16(2)17-5-3-7-18(8-4-6-17)23(28)29-20-11-13-26(14-12-20)21-10-9-19(15-25-21)22(24)27;/h9-10,15-18,20H,3-8,11-14H2,1-2H3,(H2,24,27);1H. The maximum absolute atomic E-state index is 12.7. The van der Waals surface area contributed by atoms with E-state index in [1.165, 1.54) is 19.0 Å². The largest absolute Gasteiger partial charge is 0.462 e. The van der Waals surface area contributed by atoms with Gasteiger partial charge in [-0.15, -0.1) is 0 Å². The van der Waals surface area contributed by atoms with Crippen LogP contribution in [0.4, 0.5) is 5.82 Å². The number of anilines is 1. The predicted octanol–water partition coefficient (Wildman–Crippen LogP) is 4.18. The Balaban J connectivity index is 0.00000320. The molecule has 1 aliphatic carbocycles. The summed E-state index contributed by atoms with van der Waals surface area (Å²) >= 11 is 0. The molecular formula is C23H37N3O3. The maximum Gasteiger partial charge on any atom is 0.309 e. The average molecular weight is 404 g/mol. The molecule has 2 aliphatic rings. The van der Waals surface area contributed by atoms with Crippen molar-refractivity contribution in [2.45, 2.75) is 71.3 Å². The molecule has 0 bridgehead atoms. The van der Waals surface area contributed by atoms with E-state index >= 15 is 0 Å². The number of carbonyl (C=O) groups excluding carboxylic acids is 2. The normalized spacial score (nSPS) is 24.0. The molecule has 2 heterocycles. The Morgan fingerprint density at radius 1 is 1.10 bits per heavy atom. The van der Waals surface area contributed by atoms with Crippen LogP contribution >= 0.6 is 0 Å². The highest BCUT2D eigenvalue weighted by molar-refractivity contribution is 5.92. The molecule has 6 nitrogen and oxygen atoms in total. The fourth-order valence-corrected chi connectivity index (χ4v) is 4.63. The first kappa shape index (κ1) is 21.6. The molecule has 0 unspecified atom stereocenters. The lowest BCUT2D eigenvalue weighted by Gasteiger charge is -2.33. The molecule has 29 heavy (non-hydrogen) atoms. The molecule has 2 N–H and O–H groups in total. The zero-order valence-electron chi connectivity index (χ0n) is 17.8. The summed E-state index contributed by atoms with van der Waals surface area (Å²) in [5, 5.41) is 0. The quantitative estimate of drug-likeness (QED) is 0.745. The SMILES string of the molecule is CC(C)C1CCCC(C(=O)OC2CCN(c3ccc(C(N)=O)cn3)CC2)CCC1.[HH]. The number of nitrogens with zero attached hydrogens (tertiary/aromatic N) is 2. The van der Waals surface area contributed by atoms with E-state index in [-0.39, 0.29) is 19.4 Å². The van der Waals surface area contributed by atoms with E-state index in [4.69, 9.17) is 10.5 Å². The first-order valence-corrected chi connectivity index (χ1v) is 11.2. The van der Waals surface area contributed by atoms with E-state index in [1.54, 1.807) is 6.07 Å². The monoisotopic (exact) mass is 403 g/mol. The summed E-state index contributed by atoms with van der Waals surface area (Å²) in [6.07, 6.45) is 9.82. The first-order chi connectivity index (χ1) is 13.9. The zero-order chi connectivity index (χ0) is 20.8. The molecule has 0 radical (unpaired) electrons. The number of primary amides is 1. The maximum atomic E-state index is 12.7. The highest BCUT2D eigenvalue weighted by atomic mass is 16.5. The van der Waals surface area contributed by atoms with Crippen molar-refractivity contribution in [1.82, 2.24) is 4.98 Å². The second kappa shape index (κ2) is 10.1. The van der Waals surface area contributed by atoms with Gasteiger partial charge in [0.1, 0.15) is 11.9 Å². The van der Waals surface area contributed by atoms with Gasteiger partial charge in [-0.1, -0.05) is 39.5 Å². The number of hydrogen-bond acceptors (Lipinski definition) is 5. The number of amides is 1. The third-order valence-corrected chi connectivity index (χ3v) is 6.61. The summed E-state index contributed by atoms with van der Waals surface area (Å²) in [5.41, 5.74) is 5.68. The Bertz CT molecular complexity index is 677. The number of aromatic nitrogens is 1. The second-order valence-corrected chi connectivity index (χ2v) is 8.96. The van der Waals surface area contributed by atoms with Gasteiger partial charge in [0.25, 0.3) is 0 Å². The highest BCUT2D eigenvalue weighted by Crippen LogP contribution is 2.31. The van der Waals surface area contributed by atoms with Crippen molar-refractivity contribution in [3.63, 3.8) is 0 Å². The number of pyridine rings is 1. The van der Waals surface area contributed by atoms with E-state index in [0.717, 1.165) is 69.3 Å². The van der Waals surface area contributed by atoms with Crippen molar-refractivity contribution in [3.05, 3.63) is 23.9 Å². The zero-order valence-corrected chi connectivity index (χ0v) is 17.8. The van der Waals surface area contributed by atoms with Gasteiger partial charge in [-0.05, 0) is 36.8 Å². The van der Waals surface area contributed by atoms with Gasteiger partial charge in [-0.25, -0.2) is 4.98 Å². The van der Waals surface area contributed by atoms with Gasteiger partial charge in [0.15, 0.2) is 0 Å². The molecule has 1 saturated heterocycles. The topological polar surface area (TPSA) is 85.5 Å². The van der Waals surface area contributed by atoms with Crippen LogP contribution in [0.3, 0.4) is 0 Å². The molecule has 0 spiro atoms. The van der Waals surface area contributed by atoms with Crippen LogP contribution in [0.15, 0.2) is 18.3 Å². The summed E-state index contributed by atoms with van der Waals surface area (Å²) in [6, 6.07) is 3.53. The second-order valence-electron chi connectivity index (χ2n) is 8.96. The van der Waals surface area contributed by atoms with E-state index in [0.29, 0.717) is 5.56 Å². The molecule has 162 valence electrons. The Morgan fingerprint density at radius 2 is 1.76 bits per heavy atom. The lowest BCUT2D eigenvalue weighted by Crippen LogP contribution is -2.39. The van der Waals surface area contributed by atoms with Gasteiger partial charge in [0.05, 0.1) is 11.5 Å². The fraction of sp³-hybridized carbons (Fsp3) is 0.696. The fourth-order valence-electron chi connectivity index (χ4n) is 4.63. The smallest absolute Gasteiger partial charge is 0.309 e. The lowest BCUT2D eigenvalue weighted by molar-refractivity contribution is -0.155. The molecule has 1 saturated carbocycles. The summed E-state index contributed by atoms with van der Waals surface area (Å²) in [6.45, 7) is 6.21. The number of piperidine rings is 1. The molecule has 0 atom stereocenters. The van der Waals surface area contributed by atoms with Gasteiger partial charge < -0.3 is 15.4 Å². The number of hydrogen-bond donors (Lipinski definition) is 1. The van der Waals surface area contributed by atoms with Crippen LogP contribution in [0, 0.1) is 17.8 Å². The highest BCUT2D eigenvalue weighted by Gasteiger charge is 2.28. The van der Waals surface area contributed by atoms with E-state index < -0.39 is 5.91 Å². The predicted molar refractivity (Wildman–Crippen MR) is 116 cm³/mol. The molecule has 1 aromatic rings. The minimum atomic E-state index is -0.469. The van der Waals surface area contributed by atoms with Crippen LogP contribution < -0.4 is 10.6 Å². The number of esters is 1. The van der Waals surface area contributed by atoms with Gasteiger partial charge in [0, 0.05) is 33.6 Å². The Hall–Kier alpha value is -2.11. The molecule has 1 aliphatic heterocycles. The minimum Gasteiger partial charge on any atom is -0.462 e. The third-order valence-electron chi connectivity index (χ3n) is 6.61. The van der Waals surface area contributed by atoms with Crippen molar-refractivity contribution in [1.29, 1.82) is 0 Å².